The third kappa shape index (κ3) is 3.03. The highest BCUT2D eigenvalue weighted by molar-refractivity contribution is 5.72. The van der Waals surface area contributed by atoms with E-state index in [1.807, 2.05) is 31.2 Å². The summed E-state index contributed by atoms with van der Waals surface area (Å²) >= 11 is 0. The lowest BCUT2D eigenvalue weighted by molar-refractivity contribution is -0.145. The van der Waals surface area contributed by atoms with Crippen LogP contribution in [0, 0.1) is 0 Å². The third-order valence-electron chi connectivity index (χ3n) is 2.43. The van der Waals surface area contributed by atoms with Crippen molar-refractivity contribution in [2.45, 2.75) is 32.9 Å². The molecule has 0 saturated carbocycles. The second-order valence-corrected chi connectivity index (χ2v) is 3.99. The number of ether oxygens (including phenoxy) is 1. The summed E-state index contributed by atoms with van der Waals surface area (Å²) in [6.45, 7) is 3.92. The summed E-state index contributed by atoms with van der Waals surface area (Å²) in [5.74, 6) is -0.254. The fourth-order valence-corrected chi connectivity index (χ4v) is 1.64. The quantitative estimate of drug-likeness (QED) is 0.755. The van der Waals surface area contributed by atoms with Crippen molar-refractivity contribution >= 4 is 17.0 Å². The van der Waals surface area contributed by atoms with Crippen molar-refractivity contribution in [1.29, 1.82) is 0 Å². The average molecular weight is 233 g/mol. The highest BCUT2D eigenvalue weighted by Gasteiger charge is 2.07. The van der Waals surface area contributed by atoms with E-state index in [1.54, 1.807) is 4.80 Å². The van der Waals surface area contributed by atoms with Crippen molar-refractivity contribution in [1.82, 2.24) is 15.0 Å². The Kier molecular flexibility index (Phi) is 3.37. The molecule has 17 heavy (non-hydrogen) atoms. The molecule has 0 spiro atoms. The SMILES string of the molecule is CC(=O)O[C@H](C)CCn1nc2ccccc2n1. The standard InChI is InChI=1S/C12H15N3O2/c1-9(17-10(2)16)7-8-15-13-11-5-3-4-6-12(11)14-15/h3-6,9H,7-8H2,1-2H3/t9-/m1/s1. The molecule has 1 aromatic heterocycles. The van der Waals surface area contributed by atoms with E-state index in [1.165, 1.54) is 6.92 Å². The molecule has 1 heterocycles. The summed E-state index contributed by atoms with van der Waals surface area (Å²) in [7, 11) is 0. The molecule has 0 amide bonds. The molecule has 0 radical (unpaired) electrons. The molecule has 0 fully saturated rings. The highest BCUT2D eigenvalue weighted by atomic mass is 16.5. The van der Waals surface area contributed by atoms with E-state index in [4.69, 9.17) is 4.74 Å². The van der Waals surface area contributed by atoms with Crippen LogP contribution in [-0.4, -0.2) is 27.1 Å². The molecule has 0 N–H and O–H groups in total. The van der Waals surface area contributed by atoms with Gasteiger partial charge in [-0.05, 0) is 19.1 Å². The van der Waals surface area contributed by atoms with E-state index in [9.17, 15) is 4.79 Å². The molecule has 0 saturated heterocycles. The topological polar surface area (TPSA) is 57.0 Å². The Morgan fingerprint density at radius 1 is 1.35 bits per heavy atom. The van der Waals surface area contributed by atoms with Gasteiger partial charge in [0.15, 0.2) is 0 Å². The first-order chi connectivity index (χ1) is 8.15. The maximum absolute atomic E-state index is 10.7. The van der Waals surface area contributed by atoms with E-state index in [2.05, 4.69) is 10.2 Å². The van der Waals surface area contributed by atoms with Crippen LogP contribution >= 0.6 is 0 Å². The number of benzene rings is 1. The number of carbonyl (C=O) groups excluding carboxylic acids is 1. The second-order valence-electron chi connectivity index (χ2n) is 3.99. The number of hydrogen-bond donors (Lipinski definition) is 0. The van der Waals surface area contributed by atoms with Crippen LogP contribution in [0.25, 0.3) is 11.0 Å². The molecule has 0 aliphatic rings. The first kappa shape index (κ1) is 11.6. The number of aromatic nitrogens is 3. The molecule has 1 aromatic carbocycles. The molecule has 90 valence electrons. The lowest BCUT2D eigenvalue weighted by atomic mass is 10.3. The van der Waals surface area contributed by atoms with Crippen molar-refractivity contribution in [2.24, 2.45) is 0 Å². The Bertz CT molecular complexity index is 488. The van der Waals surface area contributed by atoms with Crippen molar-refractivity contribution in [3.63, 3.8) is 0 Å². The maximum atomic E-state index is 10.7. The first-order valence-electron chi connectivity index (χ1n) is 5.62. The van der Waals surface area contributed by atoms with Crippen molar-refractivity contribution in [3.8, 4) is 0 Å². The molecule has 0 aliphatic heterocycles. The molecule has 1 atom stereocenters. The van der Waals surface area contributed by atoms with Crippen LogP contribution < -0.4 is 0 Å². The zero-order valence-electron chi connectivity index (χ0n) is 9.96. The molecular formula is C12H15N3O2. The van der Waals surface area contributed by atoms with Crippen LogP contribution in [0.15, 0.2) is 24.3 Å². The Labute approximate surface area is 99.4 Å². The third-order valence-corrected chi connectivity index (χ3v) is 2.43. The first-order valence-corrected chi connectivity index (χ1v) is 5.62. The number of esters is 1. The van der Waals surface area contributed by atoms with Gasteiger partial charge in [0.2, 0.25) is 0 Å². The Morgan fingerprint density at radius 3 is 2.47 bits per heavy atom. The molecule has 5 heteroatoms. The van der Waals surface area contributed by atoms with Crippen LogP contribution in [0.2, 0.25) is 0 Å². The number of hydrogen-bond acceptors (Lipinski definition) is 4. The molecule has 2 aromatic rings. The summed E-state index contributed by atoms with van der Waals surface area (Å²) in [5, 5.41) is 8.66. The van der Waals surface area contributed by atoms with E-state index >= 15 is 0 Å². The number of rotatable bonds is 4. The van der Waals surface area contributed by atoms with E-state index in [0.717, 1.165) is 11.0 Å². The Hall–Kier alpha value is -1.91. The molecule has 0 bridgehead atoms. The van der Waals surface area contributed by atoms with Crippen LogP contribution in [-0.2, 0) is 16.1 Å². The smallest absolute Gasteiger partial charge is 0.302 e. The van der Waals surface area contributed by atoms with Gasteiger partial charge in [-0.1, -0.05) is 12.1 Å². The van der Waals surface area contributed by atoms with E-state index in [0.29, 0.717) is 13.0 Å². The lowest BCUT2D eigenvalue weighted by Gasteiger charge is -2.10. The number of fused-ring (bicyclic) bond motifs is 1. The normalized spacial score (nSPS) is 12.6. The van der Waals surface area contributed by atoms with Gasteiger partial charge in [-0.25, -0.2) is 0 Å². The van der Waals surface area contributed by atoms with Gasteiger partial charge in [0, 0.05) is 13.3 Å². The van der Waals surface area contributed by atoms with Crippen molar-refractivity contribution in [2.75, 3.05) is 0 Å². The fraction of sp³-hybridized carbons (Fsp3) is 0.417. The van der Waals surface area contributed by atoms with Crippen LogP contribution in [0.1, 0.15) is 20.3 Å². The molecule has 5 nitrogen and oxygen atoms in total. The fourth-order valence-electron chi connectivity index (χ4n) is 1.64. The van der Waals surface area contributed by atoms with Crippen molar-refractivity contribution < 1.29 is 9.53 Å². The maximum Gasteiger partial charge on any atom is 0.302 e. The minimum absolute atomic E-state index is 0.110. The van der Waals surface area contributed by atoms with E-state index in [-0.39, 0.29) is 12.1 Å². The van der Waals surface area contributed by atoms with Gasteiger partial charge in [0.1, 0.15) is 17.1 Å². The van der Waals surface area contributed by atoms with E-state index < -0.39 is 0 Å². The summed E-state index contributed by atoms with van der Waals surface area (Å²) < 4.78 is 5.04. The molecular weight excluding hydrogens is 218 g/mol. The lowest BCUT2D eigenvalue weighted by Crippen LogP contribution is -2.15. The number of aryl methyl sites for hydroxylation is 1. The predicted octanol–water partition coefficient (Wildman–Crippen LogP) is 1.77. The molecule has 0 unspecified atom stereocenters. The van der Waals surface area contributed by atoms with Gasteiger partial charge < -0.3 is 4.74 Å². The number of carbonyl (C=O) groups is 1. The van der Waals surface area contributed by atoms with Gasteiger partial charge in [0.25, 0.3) is 0 Å². The minimum Gasteiger partial charge on any atom is -0.463 e. The van der Waals surface area contributed by atoms with Crippen LogP contribution in [0.4, 0.5) is 0 Å². The Balaban J connectivity index is 1.97. The van der Waals surface area contributed by atoms with Gasteiger partial charge >= 0.3 is 5.97 Å². The zero-order chi connectivity index (χ0) is 12.3. The van der Waals surface area contributed by atoms with Crippen LogP contribution in [0.3, 0.4) is 0 Å². The summed E-state index contributed by atoms with van der Waals surface area (Å²) in [6.07, 6.45) is 0.599. The summed E-state index contributed by atoms with van der Waals surface area (Å²) in [6, 6.07) is 7.72. The second kappa shape index (κ2) is 4.95. The average Bonchev–Trinajstić information content (AvgIpc) is 2.68. The predicted molar refractivity (Wildman–Crippen MR) is 63.4 cm³/mol. The summed E-state index contributed by atoms with van der Waals surface area (Å²) in [4.78, 5) is 12.4. The van der Waals surface area contributed by atoms with Crippen molar-refractivity contribution in [3.05, 3.63) is 24.3 Å². The number of nitrogens with zero attached hydrogens (tertiary/aromatic N) is 3. The van der Waals surface area contributed by atoms with Gasteiger partial charge in [-0.15, -0.1) is 0 Å². The van der Waals surface area contributed by atoms with Crippen LogP contribution in [0.5, 0.6) is 0 Å². The molecule has 2 rings (SSSR count). The Morgan fingerprint density at radius 2 is 1.94 bits per heavy atom. The summed E-state index contributed by atoms with van der Waals surface area (Å²) in [5.41, 5.74) is 1.76. The largest absolute Gasteiger partial charge is 0.463 e. The highest BCUT2D eigenvalue weighted by Crippen LogP contribution is 2.08. The van der Waals surface area contributed by atoms with Gasteiger partial charge in [-0.2, -0.15) is 15.0 Å². The van der Waals surface area contributed by atoms with Gasteiger partial charge in [-0.3, -0.25) is 4.79 Å². The minimum atomic E-state index is -0.254. The zero-order valence-corrected chi connectivity index (χ0v) is 9.96. The molecule has 0 aliphatic carbocycles. The van der Waals surface area contributed by atoms with Gasteiger partial charge in [0.05, 0.1) is 6.54 Å². The monoisotopic (exact) mass is 233 g/mol.